The number of rotatable bonds is 1. The van der Waals surface area contributed by atoms with Crippen LogP contribution in [-0.2, 0) is 4.08 Å². The first-order valence-corrected chi connectivity index (χ1v) is 6.66. The second-order valence-electron chi connectivity index (χ2n) is 3.70. The van der Waals surface area contributed by atoms with Crippen LogP contribution in [0.25, 0.3) is 0 Å². The number of phenolic OH excluding ortho intramolecular Hbond substituents is 1. The Kier molecular flexibility index (Phi) is 2.71. The number of phenols is 1. The number of thioether (sulfide) groups is 2. The fourth-order valence-electron chi connectivity index (χ4n) is 1.71. The van der Waals surface area contributed by atoms with Gasteiger partial charge in [-0.1, -0.05) is 6.07 Å². The van der Waals surface area contributed by atoms with Gasteiger partial charge in [0, 0.05) is 11.5 Å². The first-order chi connectivity index (χ1) is 6.60. The molecule has 0 bridgehead atoms. The summed E-state index contributed by atoms with van der Waals surface area (Å²) < 4.78 is 0.142. The van der Waals surface area contributed by atoms with E-state index < -0.39 is 0 Å². The summed E-state index contributed by atoms with van der Waals surface area (Å²) in [5.74, 6) is 2.79. The molecular formula is C11H14OS2. The van der Waals surface area contributed by atoms with E-state index >= 15 is 0 Å². The highest BCUT2D eigenvalue weighted by molar-refractivity contribution is 8.20. The maximum absolute atomic E-state index is 9.55. The number of benzene rings is 1. The van der Waals surface area contributed by atoms with Gasteiger partial charge in [0.1, 0.15) is 5.75 Å². The van der Waals surface area contributed by atoms with Gasteiger partial charge in [-0.15, -0.1) is 23.5 Å². The van der Waals surface area contributed by atoms with Crippen molar-refractivity contribution in [2.24, 2.45) is 0 Å². The SMILES string of the molecule is Cc1cc(O)cc(C2(C)SCCS2)c1. The standard InChI is InChI=1S/C11H14OS2/c1-8-5-9(7-10(12)6-8)11(2)13-3-4-14-11/h5-7,12H,3-4H2,1-2H3. The van der Waals surface area contributed by atoms with Crippen LogP contribution in [0.3, 0.4) is 0 Å². The quantitative estimate of drug-likeness (QED) is 0.793. The fourth-order valence-corrected chi connectivity index (χ4v) is 4.55. The average molecular weight is 226 g/mol. The van der Waals surface area contributed by atoms with E-state index in [1.165, 1.54) is 17.1 Å². The summed E-state index contributed by atoms with van der Waals surface area (Å²) in [6.07, 6.45) is 0. The number of hydrogen-bond acceptors (Lipinski definition) is 3. The molecule has 0 aromatic heterocycles. The summed E-state index contributed by atoms with van der Waals surface area (Å²) in [6.45, 7) is 4.26. The Morgan fingerprint density at radius 2 is 1.86 bits per heavy atom. The van der Waals surface area contributed by atoms with Crippen LogP contribution in [-0.4, -0.2) is 16.6 Å². The second kappa shape index (κ2) is 3.70. The Labute approximate surface area is 93.3 Å². The first kappa shape index (κ1) is 10.2. The van der Waals surface area contributed by atoms with Crippen molar-refractivity contribution in [1.82, 2.24) is 0 Å². The van der Waals surface area contributed by atoms with Gasteiger partial charge in [0.2, 0.25) is 0 Å². The lowest BCUT2D eigenvalue weighted by atomic mass is 10.1. The molecule has 0 spiro atoms. The Hall–Kier alpha value is -0.280. The van der Waals surface area contributed by atoms with E-state index in [1.54, 1.807) is 6.07 Å². The average Bonchev–Trinajstić information content (AvgIpc) is 2.52. The molecule has 1 nitrogen and oxygen atoms in total. The summed E-state index contributed by atoms with van der Waals surface area (Å²) in [4.78, 5) is 0. The van der Waals surface area contributed by atoms with Gasteiger partial charge < -0.3 is 5.11 Å². The molecule has 76 valence electrons. The third-order valence-electron chi connectivity index (χ3n) is 2.42. The van der Waals surface area contributed by atoms with Crippen molar-refractivity contribution < 1.29 is 5.11 Å². The monoisotopic (exact) mass is 226 g/mol. The Bertz CT molecular complexity index is 323. The van der Waals surface area contributed by atoms with Crippen LogP contribution in [0.15, 0.2) is 18.2 Å². The van der Waals surface area contributed by atoms with Crippen LogP contribution in [0.1, 0.15) is 18.1 Å². The molecule has 1 aromatic carbocycles. The molecular weight excluding hydrogens is 212 g/mol. The zero-order valence-corrected chi connectivity index (χ0v) is 10.0. The Balaban J connectivity index is 2.40. The Morgan fingerprint density at radius 3 is 2.43 bits per heavy atom. The van der Waals surface area contributed by atoms with Crippen molar-refractivity contribution in [3.63, 3.8) is 0 Å². The molecule has 0 saturated carbocycles. The predicted molar refractivity (Wildman–Crippen MR) is 65.1 cm³/mol. The highest BCUT2D eigenvalue weighted by Gasteiger charge is 2.32. The van der Waals surface area contributed by atoms with Gasteiger partial charge in [0.15, 0.2) is 0 Å². The van der Waals surface area contributed by atoms with Gasteiger partial charge in [-0.25, -0.2) is 0 Å². The van der Waals surface area contributed by atoms with E-state index in [9.17, 15) is 5.11 Å². The van der Waals surface area contributed by atoms with Crippen molar-refractivity contribution in [2.45, 2.75) is 17.9 Å². The van der Waals surface area contributed by atoms with E-state index in [1.807, 2.05) is 36.5 Å². The summed E-state index contributed by atoms with van der Waals surface area (Å²) in [6, 6.07) is 5.86. The molecule has 0 radical (unpaired) electrons. The van der Waals surface area contributed by atoms with Crippen molar-refractivity contribution >= 4 is 23.5 Å². The van der Waals surface area contributed by atoms with Gasteiger partial charge >= 0.3 is 0 Å². The van der Waals surface area contributed by atoms with E-state index in [0.29, 0.717) is 5.75 Å². The molecule has 1 N–H and O–H groups in total. The second-order valence-corrected chi connectivity index (χ2v) is 6.99. The van der Waals surface area contributed by atoms with Gasteiger partial charge in [0.05, 0.1) is 4.08 Å². The summed E-state index contributed by atoms with van der Waals surface area (Å²) >= 11 is 3.93. The maximum Gasteiger partial charge on any atom is 0.116 e. The van der Waals surface area contributed by atoms with Crippen LogP contribution in [0.4, 0.5) is 0 Å². The minimum atomic E-state index is 0.142. The molecule has 1 aliphatic rings. The lowest BCUT2D eigenvalue weighted by Gasteiger charge is -2.22. The topological polar surface area (TPSA) is 20.2 Å². The van der Waals surface area contributed by atoms with Crippen molar-refractivity contribution in [3.05, 3.63) is 29.3 Å². The molecule has 2 rings (SSSR count). The van der Waals surface area contributed by atoms with Crippen LogP contribution in [0.5, 0.6) is 5.75 Å². The molecule has 3 heteroatoms. The minimum Gasteiger partial charge on any atom is -0.508 e. The van der Waals surface area contributed by atoms with Crippen LogP contribution < -0.4 is 0 Å². The zero-order chi connectivity index (χ0) is 10.2. The van der Waals surface area contributed by atoms with Crippen LogP contribution >= 0.6 is 23.5 Å². The van der Waals surface area contributed by atoms with E-state index in [0.717, 1.165) is 5.56 Å². The summed E-state index contributed by atoms with van der Waals surface area (Å²) in [5, 5.41) is 9.55. The molecule has 1 saturated heterocycles. The largest absolute Gasteiger partial charge is 0.508 e. The zero-order valence-electron chi connectivity index (χ0n) is 8.41. The van der Waals surface area contributed by atoms with Gasteiger partial charge in [-0.05, 0) is 37.1 Å². The number of aryl methyl sites for hydroxylation is 1. The van der Waals surface area contributed by atoms with Gasteiger partial charge in [0.25, 0.3) is 0 Å². The van der Waals surface area contributed by atoms with E-state index in [4.69, 9.17) is 0 Å². The molecule has 0 amide bonds. The summed E-state index contributed by atoms with van der Waals surface area (Å²) in [7, 11) is 0. The lowest BCUT2D eigenvalue weighted by Crippen LogP contribution is -2.08. The predicted octanol–water partition coefficient (Wildman–Crippen LogP) is 3.35. The fraction of sp³-hybridized carbons (Fsp3) is 0.455. The van der Waals surface area contributed by atoms with Crippen LogP contribution in [0.2, 0.25) is 0 Å². The molecule has 1 aliphatic heterocycles. The number of hydrogen-bond donors (Lipinski definition) is 1. The molecule has 0 aliphatic carbocycles. The lowest BCUT2D eigenvalue weighted by molar-refractivity contribution is 0.474. The molecule has 1 heterocycles. The first-order valence-electron chi connectivity index (χ1n) is 4.69. The maximum atomic E-state index is 9.55. The third kappa shape index (κ3) is 1.89. The summed E-state index contributed by atoms with van der Waals surface area (Å²) in [5.41, 5.74) is 2.37. The van der Waals surface area contributed by atoms with Crippen molar-refractivity contribution in [3.8, 4) is 5.75 Å². The highest BCUT2D eigenvalue weighted by Crippen LogP contribution is 2.51. The molecule has 14 heavy (non-hydrogen) atoms. The van der Waals surface area contributed by atoms with Crippen molar-refractivity contribution in [1.29, 1.82) is 0 Å². The Morgan fingerprint density at radius 1 is 1.21 bits per heavy atom. The van der Waals surface area contributed by atoms with Gasteiger partial charge in [-0.3, -0.25) is 0 Å². The number of aromatic hydroxyl groups is 1. The minimum absolute atomic E-state index is 0.142. The molecule has 0 atom stereocenters. The van der Waals surface area contributed by atoms with E-state index in [2.05, 4.69) is 13.0 Å². The van der Waals surface area contributed by atoms with Crippen LogP contribution in [0, 0.1) is 6.92 Å². The smallest absolute Gasteiger partial charge is 0.116 e. The highest BCUT2D eigenvalue weighted by atomic mass is 32.2. The molecule has 0 unspecified atom stereocenters. The van der Waals surface area contributed by atoms with Crippen molar-refractivity contribution in [2.75, 3.05) is 11.5 Å². The van der Waals surface area contributed by atoms with E-state index in [-0.39, 0.29) is 4.08 Å². The normalized spacial score (nSPS) is 19.9. The molecule has 1 fully saturated rings. The third-order valence-corrected chi connectivity index (χ3v) is 5.78. The molecule has 1 aromatic rings. The van der Waals surface area contributed by atoms with Gasteiger partial charge in [-0.2, -0.15) is 0 Å².